The number of ether oxygens (including phenoxy) is 1. The first-order valence-electron chi connectivity index (χ1n) is 13.4. The predicted molar refractivity (Wildman–Crippen MR) is 149 cm³/mol. The first-order valence-corrected chi connectivity index (χ1v) is 14.9. The van der Waals surface area contributed by atoms with E-state index in [-0.39, 0.29) is 23.6 Å². The molecule has 2 aliphatic rings. The van der Waals surface area contributed by atoms with Crippen LogP contribution in [0.3, 0.4) is 0 Å². The van der Waals surface area contributed by atoms with E-state index in [1.54, 1.807) is 36.1 Å². The van der Waals surface area contributed by atoms with Gasteiger partial charge in [-0.1, -0.05) is 47.5 Å². The number of sulfonamides is 1. The second-order valence-electron chi connectivity index (χ2n) is 10.1. The van der Waals surface area contributed by atoms with E-state index in [0.717, 1.165) is 16.7 Å². The lowest BCUT2D eigenvalue weighted by Gasteiger charge is -2.42. The number of aryl methyl sites for hydroxylation is 2. The molecule has 1 N–H and O–H groups in total. The van der Waals surface area contributed by atoms with Gasteiger partial charge in [-0.3, -0.25) is 9.80 Å². The number of carbonyl (C=O) groups excluding carboxylic acids is 2. The van der Waals surface area contributed by atoms with Crippen molar-refractivity contribution in [3.8, 4) is 0 Å². The van der Waals surface area contributed by atoms with Gasteiger partial charge in [0, 0.05) is 44.5 Å². The van der Waals surface area contributed by atoms with E-state index in [2.05, 4.69) is 10.2 Å². The molecular weight excluding hydrogens is 516 g/mol. The molecule has 2 aromatic rings. The van der Waals surface area contributed by atoms with E-state index in [0.29, 0.717) is 44.0 Å². The van der Waals surface area contributed by atoms with Gasteiger partial charge < -0.3 is 10.1 Å². The number of hydrogen-bond acceptors (Lipinski definition) is 6. The first-order chi connectivity index (χ1) is 18.6. The highest BCUT2D eigenvalue weighted by molar-refractivity contribution is 7.89. The van der Waals surface area contributed by atoms with Gasteiger partial charge in [-0.05, 0) is 52.3 Å². The van der Waals surface area contributed by atoms with Gasteiger partial charge in [-0.25, -0.2) is 18.0 Å². The molecule has 2 amide bonds. The summed E-state index contributed by atoms with van der Waals surface area (Å²) in [4.78, 5) is 30.5. The second-order valence-corrected chi connectivity index (χ2v) is 12.0. The summed E-state index contributed by atoms with van der Waals surface area (Å²) in [6, 6.07) is 13.4. The third-order valence-electron chi connectivity index (χ3n) is 7.28. The Balaban J connectivity index is 1.65. The molecule has 0 spiro atoms. The van der Waals surface area contributed by atoms with Crippen LogP contribution in [0.4, 0.5) is 4.79 Å². The Hall–Kier alpha value is -3.21. The first kappa shape index (κ1) is 28.8. The summed E-state index contributed by atoms with van der Waals surface area (Å²) in [6.07, 6.45) is 0. The monoisotopic (exact) mass is 554 g/mol. The van der Waals surface area contributed by atoms with Crippen LogP contribution in [0.5, 0.6) is 0 Å². The summed E-state index contributed by atoms with van der Waals surface area (Å²) in [5, 5.41) is 3.00. The SMILES string of the molecule is CCOC(=O)C1=C(CN2CCN(S(=O)(=O)c3ccc(C)cc3)[C@H](C)C2)N(CC)C(=O)N[C@@H]1c1cccc(C)c1. The number of urea groups is 1. The van der Waals surface area contributed by atoms with Gasteiger partial charge >= 0.3 is 12.0 Å². The fourth-order valence-corrected chi connectivity index (χ4v) is 6.95. The Morgan fingerprint density at radius 2 is 1.77 bits per heavy atom. The topological polar surface area (TPSA) is 99.3 Å². The number of likely N-dealkylation sites (N-methyl/N-ethyl adjacent to an activating group) is 1. The molecule has 2 heterocycles. The van der Waals surface area contributed by atoms with Crippen LogP contribution in [0.25, 0.3) is 0 Å². The number of piperazine rings is 1. The highest BCUT2D eigenvalue weighted by Gasteiger charge is 2.40. The highest BCUT2D eigenvalue weighted by Crippen LogP contribution is 2.33. The zero-order valence-corrected chi connectivity index (χ0v) is 24.1. The summed E-state index contributed by atoms with van der Waals surface area (Å²) in [6.45, 7) is 11.5. The van der Waals surface area contributed by atoms with Crippen molar-refractivity contribution >= 4 is 22.0 Å². The average Bonchev–Trinajstić information content (AvgIpc) is 2.89. The number of nitrogens with zero attached hydrogens (tertiary/aromatic N) is 3. The molecule has 1 fully saturated rings. The standard InChI is InChI=1S/C29H38N4O5S/c1-6-32-25(26(28(34)38-7-2)27(30-29(32)35)23-10-8-9-21(4)17-23)19-31-15-16-33(22(5)18-31)39(36,37)24-13-11-20(3)12-14-24/h8-14,17,22,27H,6-7,15-16,18-19H2,1-5H3,(H,30,35)/t22-,27-/m1/s1. The zero-order chi connectivity index (χ0) is 28.3. The summed E-state index contributed by atoms with van der Waals surface area (Å²) in [5.41, 5.74) is 3.82. The molecule has 4 rings (SSSR count). The molecule has 0 aromatic heterocycles. The normalized spacial score (nSPS) is 21.2. The summed E-state index contributed by atoms with van der Waals surface area (Å²) < 4.78 is 33.7. The fourth-order valence-electron chi connectivity index (χ4n) is 5.33. The van der Waals surface area contributed by atoms with Crippen LogP contribution in [0, 0.1) is 13.8 Å². The summed E-state index contributed by atoms with van der Waals surface area (Å²) in [5.74, 6) is -0.467. The van der Waals surface area contributed by atoms with Crippen molar-refractivity contribution in [1.82, 2.24) is 19.4 Å². The number of hydrogen-bond donors (Lipinski definition) is 1. The van der Waals surface area contributed by atoms with Crippen molar-refractivity contribution in [1.29, 1.82) is 0 Å². The molecule has 9 nitrogen and oxygen atoms in total. The van der Waals surface area contributed by atoms with Crippen molar-refractivity contribution in [2.75, 3.05) is 39.3 Å². The number of carbonyl (C=O) groups is 2. The number of nitrogens with one attached hydrogen (secondary N) is 1. The summed E-state index contributed by atoms with van der Waals surface area (Å²) >= 11 is 0. The minimum Gasteiger partial charge on any atom is -0.463 e. The van der Waals surface area contributed by atoms with E-state index >= 15 is 0 Å². The molecule has 2 aliphatic heterocycles. The minimum absolute atomic E-state index is 0.211. The van der Waals surface area contributed by atoms with Crippen molar-refractivity contribution in [2.45, 2.75) is 51.6 Å². The Labute approximate surface area is 231 Å². The molecule has 10 heteroatoms. The van der Waals surface area contributed by atoms with E-state index in [1.807, 2.05) is 52.0 Å². The lowest BCUT2D eigenvalue weighted by atomic mass is 9.93. The number of amides is 2. The van der Waals surface area contributed by atoms with Gasteiger partial charge in [0.15, 0.2) is 0 Å². The number of rotatable bonds is 8. The Morgan fingerprint density at radius 1 is 1.05 bits per heavy atom. The molecular formula is C29H38N4O5S. The van der Waals surface area contributed by atoms with Crippen LogP contribution in [0.15, 0.2) is 64.7 Å². The third kappa shape index (κ3) is 6.03. The molecule has 2 aromatic carbocycles. The van der Waals surface area contributed by atoms with E-state index < -0.39 is 22.0 Å². The molecule has 210 valence electrons. The predicted octanol–water partition coefficient (Wildman–Crippen LogP) is 3.60. The largest absolute Gasteiger partial charge is 0.463 e. The molecule has 0 aliphatic carbocycles. The molecule has 0 saturated carbocycles. The van der Waals surface area contributed by atoms with Gasteiger partial charge in [0.05, 0.1) is 23.1 Å². The van der Waals surface area contributed by atoms with Crippen LogP contribution in [-0.2, 0) is 19.6 Å². The van der Waals surface area contributed by atoms with Crippen LogP contribution in [-0.4, -0.2) is 79.9 Å². The van der Waals surface area contributed by atoms with Gasteiger partial charge in [-0.2, -0.15) is 4.31 Å². The van der Waals surface area contributed by atoms with Gasteiger partial charge in [0.1, 0.15) is 0 Å². The fraction of sp³-hybridized carbons (Fsp3) is 0.448. The molecule has 1 saturated heterocycles. The van der Waals surface area contributed by atoms with E-state index in [9.17, 15) is 18.0 Å². The Kier molecular flexibility index (Phi) is 8.78. The highest BCUT2D eigenvalue weighted by atomic mass is 32.2. The molecule has 0 unspecified atom stereocenters. The number of benzene rings is 2. The van der Waals surface area contributed by atoms with Crippen LogP contribution in [0.1, 0.15) is 43.5 Å². The maximum absolute atomic E-state index is 13.4. The van der Waals surface area contributed by atoms with Gasteiger partial charge in [0.2, 0.25) is 10.0 Å². The van der Waals surface area contributed by atoms with Crippen LogP contribution >= 0.6 is 0 Å². The van der Waals surface area contributed by atoms with E-state index in [1.165, 1.54) is 4.31 Å². The minimum atomic E-state index is -3.64. The van der Waals surface area contributed by atoms with Crippen molar-refractivity contribution in [2.24, 2.45) is 0 Å². The zero-order valence-electron chi connectivity index (χ0n) is 23.3. The molecule has 2 atom stereocenters. The van der Waals surface area contributed by atoms with Crippen molar-refractivity contribution < 1.29 is 22.7 Å². The van der Waals surface area contributed by atoms with Crippen molar-refractivity contribution in [3.63, 3.8) is 0 Å². The molecule has 0 radical (unpaired) electrons. The summed E-state index contributed by atoms with van der Waals surface area (Å²) in [7, 11) is -3.64. The lowest BCUT2D eigenvalue weighted by molar-refractivity contribution is -0.139. The average molecular weight is 555 g/mol. The van der Waals surface area contributed by atoms with Crippen LogP contribution in [0.2, 0.25) is 0 Å². The van der Waals surface area contributed by atoms with Gasteiger partial charge in [0.25, 0.3) is 0 Å². The maximum atomic E-state index is 13.4. The Morgan fingerprint density at radius 3 is 2.38 bits per heavy atom. The van der Waals surface area contributed by atoms with Crippen molar-refractivity contribution in [3.05, 3.63) is 76.5 Å². The number of esters is 1. The van der Waals surface area contributed by atoms with Gasteiger partial charge in [-0.15, -0.1) is 0 Å². The molecule has 39 heavy (non-hydrogen) atoms. The quantitative estimate of drug-likeness (QED) is 0.501. The molecule has 0 bridgehead atoms. The van der Waals surface area contributed by atoms with Crippen LogP contribution < -0.4 is 5.32 Å². The Bertz CT molecular complexity index is 1360. The lowest BCUT2D eigenvalue weighted by Crippen LogP contribution is -2.56. The maximum Gasteiger partial charge on any atom is 0.338 e. The third-order valence-corrected chi connectivity index (χ3v) is 9.30. The van der Waals surface area contributed by atoms with E-state index in [4.69, 9.17) is 4.74 Å². The second kappa shape index (κ2) is 11.9. The smallest absolute Gasteiger partial charge is 0.338 e.